The molecule has 0 amide bonds. The Morgan fingerprint density at radius 2 is 2.16 bits per heavy atom. The van der Waals surface area contributed by atoms with Crippen molar-refractivity contribution in [2.24, 2.45) is 0 Å². The lowest BCUT2D eigenvalue weighted by molar-refractivity contribution is -0.384. The minimum Gasteiger partial charge on any atom is -0.507 e. The van der Waals surface area contributed by atoms with Crippen LogP contribution in [0.15, 0.2) is 41.8 Å². The molecule has 0 fully saturated rings. The zero-order valence-electron chi connectivity index (χ0n) is 9.65. The number of benzene rings is 1. The van der Waals surface area contributed by atoms with Gasteiger partial charge in [-0.25, -0.2) is 0 Å². The molecule has 0 saturated heterocycles. The second-order valence-electron chi connectivity index (χ2n) is 3.67. The summed E-state index contributed by atoms with van der Waals surface area (Å²) in [4.78, 5) is 22.6. The first kappa shape index (κ1) is 13.0. The number of ketones is 1. The fraction of sp³-hybridized carbons (Fsp3) is 0. The fourth-order valence-corrected chi connectivity index (χ4v) is 2.09. The zero-order valence-corrected chi connectivity index (χ0v) is 10.5. The lowest BCUT2D eigenvalue weighted by atomic mass is 10.1. The highest BCUT2D eigenvalue weighted by atomic mass is 32.1. The van der Waals surface area contributed by atoms with Crippen LogP contribution in [0.3, 0.4) is 0 Å². The van der Waals surface area contributed by atoms with Gasteiger partial charge in [-0.05, 0) is 29.7 Å². The van der Waals surface area contributed by atoms with Crippen molar-refractivity contribution in [3.63, 3.8) is 0 Å². The number of rotatable bonds is 4. The Morgan fingerprint density at radius 1 is 1.37 bits per heavy atom. The summed E-state index contributed by atoms with van der Waals surface area (Å²) in [5, 5.41) is 22.0. The Balaban J connectivity index is 2.22. The average Bonchev–Trinajstić information content (AvgIpc) is 2.88. The second kappa shape index (κ2) is 5.45. The van der Waals surface area contributed by atoms with Gasteiger partial charge in [0.2, 0.25) is 0 Å². The topological polar surface area (TPSA) is 80.4 Å². The van der Waals surface area contributed by atoms with Crippen molar-refractivity contribution in [1.82, 2.24) is 0 Å². The van der Waals surface area contributed by atoms with Crippen LogP contribution in [-0.4, -0.2) is 15.8 Å². The van der Waals surface area contributed by atoms with E-state index in [1.165, 1.54) is 29.5 Å². The van der Waals surface area contributed by atoms with E-state index in [0.29, 0.717) is 0 Å². The van der Waals surface area contributed by atoms with Crippen molar-refractivity contribution in [2.75, 3.05) is 0 Å². The maximum Gasteiger partial charge on any atom is 0.273 e. The first-order valence-electron chi connectivity index (χ1n) is 5.31. The number of phenolic OH excluding ortho intramolecular Hbond substituents is 1. The monoisotopic (exact) mass is 275 g/mol. The number of allylic oxidation sites excluding steroid dienone is 1. The van der Waals surface area contributed by atoms with Crippen molar-refractivity contribution in [1.29, 1.82) is 0 Å². The molecule has 1 N–H and O–H groups in total. The third kappa shape index (κ3) is 3.05. The molecule has 1 aromatic heterocycles. The summed E-state index contributed by atoms with van der Waals surface area (Å²) < 4.78 is 0. The van der Waals surface area contributed by atoms with Gasteiger partial charge >= 0.3 is 0 Å². The minimum absolute atomic E-state index is 0.0402. The normalized spacial score (nSPS) is 10.7. The zero-order chi connectivity index (χ0) is 13.8. The van der Waals surface area contributed by atoms with Crippen molar-refractivity contribution < 1.29 is 14.8 Å². The lowest BCUT2D eigenvalue weighted by Gasteiger charge is -2.00. The molecule has 2 aromatic rings. The Kier molecular flexibility index (Phi) is 3.72. The summed E-state index contributed by atoms with van der Waals surface area (Å²) in [5.74, 6) is -0.796. The third-order valence-corrected chi connectivity index (χ3v) is 3.24. The number of aromatic hydroxyl groups is 1. The van der Waals surface area contributed by atoms with Gasteiger partial charge in [-0.3, -0.25) is 14.9 Å². The quantitative estimate of drug-likeness (QED) is 0.402. The van der Waals surface area contributed by atoms with Gasteiger partial charge in [-0.15, -0.1) is 11.3 Å². The van der Waals surface area contributed by atoms with Crippen LogP contribution in [0.25, 0.3) is 6.08 Å². The summed E-state index contributed by atoms with van der Waals surface area (Å²) >= 11 is 1.48. The molecule has 6 heteroatoms. The molecular weight excluding hydrogens is 266 g/mol. The van der Waals surface area contributed by atoms with Gasteiger partial charge in [-0.1, -0.05) is 6.07 Å². The summed E-state index contributed by atoms with van der Waals surface area (Å²) in [6.07, 6.45) is 2.96. The van der Waals surface area contributed by atoms with Gasteiger partial charge in [0.05, 0.1) is 16.6 Å². The fourth-order valence-electron chi connectivity index (χ4n) is 1.48. The number of nitro groups is 1. The molecule has 2 rings (SSSR count). The van der Waals surface area contributed by atoms with E-state index in [1.807, 2.05) is 17.5 Å². The second-order valence-corrected chi connectivity index (χ2v) is 4.65. The number of hydrogen-bond donors (Lipinski definition) is 1. The van der Waals surface area contributed by atoms with E-state index in [2.05, 4.69) is 0 Å². The number of nitro benzene ring substituents is 1. The lowest BCUT2D eigenvalue weighted by Crippen LogP contribution is -1.96. The maximum absolute atomic E-state index is 11.8. The molecule has 19 heavy (non-hydrogen) atoms. The molecule has 0 aliphatic heterocycles. The molecule has 1 heterocycles. The van der Waals surface area contributed by atoms with Gasteiger partial charge in [0.25, 0.3) is 5.69 Å². The molecule has 0 radical (unpaired) electrons. The Hall–Kier alpha value is -2.47. The van der Waals surface area contributed by atoms with E-state index in [9.17, 15) is 20.0 Å². The Labute approximate surface area is 112 Å². The van der Waals surface area contributed by atoms with Crippen LogP contribution in [0.4, 0.5) is 5.69 Å². The molecule has 5 nitrogen and oxygen atoms in total. The summed E-state index contributed by atoms with van der Waals surface area (Å²) in [6.45, 7) is 0. The van der Waals surface area contributed by atoms with E-state index in [-0.39, 0.29) is 11.3 Å². The Bertz CT molecular complexity index is 647. The van der Waals surface area contributed by atoms with Gasteiger partial charge in [-0.2, -0.15) is 0 Å². The first-order chi connectivity index (χ1) is 9.08. The van der Waals surface area contributed by atoms with Gasteiger partial charge < -0.3 is 5.11 Å². The van der Waals surface area contributed by atoms with Crippen LogP contribution in [0.2, 0.25) is 0 Å². The van der Waals surface area contributed by atoms with Crippen LogP contribution < -0.4 is 0 Å². The van der Waals surface area contributed by atoms with E-state index in [1.54, 1.807) is 6.08 Å². The molecule has 0 saturated carbocycles. The first-order valence-corrected chi connectivity index (χ1v) is 6.19. The smallest absolute Gasteiger partial charge is 0.273 e. The van der Waals surface area contributed by atoms with Crippen molar-refractivity contribution in [3.05, 3.63) is 62.3 Å². The van der Waals surface area contributed by atoms with Crippen LogP contribution in [0, 0.1) is 10.1 Å². The van der Waals surface area contributed by atoms with Crippen molar-refractivity contribution in [2.45, 2.75) is 0 Å². The van der Waals surface area contributed by atoms with Gasteiger partial charge in [0, 0.05) is 10.9 Å². The third-order valence-electron chi connectivity index (χ3n) is 2.40. The van der Waals surface area contributed by atoms with Crippen molar-refractivity contribution in [3.8, 4) is 5.75 Å². The van der Waals surface area contributed by atoms with E-state index >= 15 is 0 Å². The number of carbonyl (C=O) groups excluding carboxylic acids is 1. The van der Waals surface area contributed by atoms with E-state index < -0.39 is 16.5 Å². The van der Waals surface area contributed by atoms with Crippen LogP contribution >= 0.6 is 11.3 Å². The molecule has 0 bridgehead atoms. The SMILES string of the molecule is O=C(/C=C/c1cccs1)c1ccc([N+](=O)[O-])cc1O. The summed E-state index contributed by atoms with van der Waals surface area (Å²) in [7, 11) is 0. The highest BCUT2D eigenvalue weighted by Gasteiger charge is 2.13. The largest absolute Gasteiger partial charge is 0.507 e. The molecule has 96 valence electrons. The number of nitrogens with zero attached hydrogens (tertiary/aromatic N) is 1. The standard InChI is InChI=1S/C13H9NO4S/c15-12(6-4-10-2-1-7-19-10)11-5-3-9(14(17)18)8-13(11)16/h1-8,16H/b6-4+. The van der Waals surface area contributed by atoms with Gasteiger partial charge in [0.15, 0.2) is 5.78 Å². The Morgan fingerprint density at radius 3 is 2.74 bits per heavy atom. The highest BCUT2D eigenvalue weighted by Crippen LogP contribution is 2.24. The molecule has 0 unspecified atom stereocenters. The predicted molar refractivity (Wildman–Crippen MR) is 72.4 cm³/mol. The van der Waals surface area contributed by atoms with E-state index in [0.717, 1.165) is 10.9 Å². The van der Waals surface area contributed by atoms with E-state index in [4.69, 9.17) is 0 Å². The molecule has 0 aliphatic rings. The highest BCUT2D eigenvalue weighted by molar-refractivity contribution is 7.10. The molecule has 0 spiro atoms. The summed E-state index contributed by atoms with van der Waals surface area (Å²) in [5.41, 5.74) is -0.213. The predicted octanol–water partition coefficient (Wildman–Crippen LogP) is 3.26. The molecule has 0 aliphatic carbocycles. The number of phenols is 1. The summed E-state index contributed by atoms with van der Waals surface area (Å²) in [6, 6.07) is 7.11. The minimum atomic E-state index is -0.629. The number of non-ortho nitro benzene ring substituents is 1. The maximum atomic E-state index is 11.8. The van der Waals surface area contributed by atoms with Crippen LogP contribution in [0.5, 0.6) is 5.75 Å². The number of thiophene rings is 1. The van der Waals surface area contributed by atoms with Gasteiger partial charge in [0.1, 0.15) is 5.75 Å². The molecule has 0 atom stereocenters. The average molecular weight is 275 g/mol. The molecule has 1 aromatic carbocycles. The van der Waals surface area contributed by atoms with Crippen LogP contribution in [-0.2, 0) is 0 Å². The van der Waals surface area contributed by atoms with Crippen molar-refractivity contribution >= 4 is 28.9 Å². The van der Waals surface area contributed by atoms with Crippen LogP contribution in [0.1, 0.15) is 15.2 Å². The number of hydrogen-bond acceptors (Lipinski definition) is 5. The number of carbonyl (C=O) groups is 1. The molecular formula is C13H9NO4S.